The second-order valence-corrected chi connectivity index (χ2v) is 5.54. The number of carbonyl (C=O) groups excluding carboxylic acids is 1. The van der Waals surface area contributed by atoms with Crippen LogP contribution in [0.2, 0.25) is 5.02 Å². The molecule has 0 radical (unpaired) electrons. The molecule has 106 valence electrons. The van der Waals surface area contributed by atoms with Crippen LogP contribution >= 0.6 is 22.9 Å². The van der Waals surface area contributed by atoms with Gasteiger partial charge in [-0.15, -0.1) is 11.3 Å². The van der Waals surface area contributed by atoms with Crippen LogP contribution in [0, 0.1) is 0 Å². The van der Waals surface area contributed by atoms with Crippen LogP contribution in [0.3, 0.4) is 0 Å². The number of nitrogens with zero attached hydrogens (tertiary/aromatic N) is 1. The molecule has 1 heterocycles. The number of anilines is 1. The molecule has 1 amide bonds. The van der Waals surface area contributed by atoms with Crippen LogP contribution in [0.4, 0.5) is 5.13 Å². The van der Waals surface area contributed by atoms with Gasteiger partial charge in [0.05, 0.1) is 5.92 Å². The lowest BCUT2D eigenvalue weighted by molar-refractivity contribution is -0.118. The molecule has 0 unspecified atom stereocenters. The van der Waals surface area contributed by atoms with E-state index < -0.39 is 0 Å². The molecule has 1 aromatic carbocycles. The van der Waals surface area contributed by atoms with Crippen LogP contribution in [0.5, 0.6) is 0 Å². The molecule has 0 aliphatic carbocycles. The van der Waals surface area contributed by atoms with Crippen molar-refractivity contribution in [1.82, 2.24) is 4.98 Å². The lowest BCUT2D eigenvalue weighted by Gasteiger charge is -2.16. The van der Waals surface area contributed by atoms with Gasteiger partial charge >= 0.3 is 0 Å². The number of rotatable bonds is 6. The Morgan fingerprint density at radius 1 is 1.45 bits per heavy atom. The van der Waals surface area contributed by atoms with Crippen molar-refractivity contribution >= 4 is 34.0 Å². The van der Waals surface area contributed by atoms with E-state index in [4.69, 9.17) is 16.3 Å². The van der Waals surface area contributed by atoms with Gasteiger partial charge in [-0.2, -0.15) is 0 Å². The summed E-state index contributed by atoms with van der Waals surface area (Å²) in [6, 6.07) is 7.30. The van der Waals surface area contributed by atoms with Gasteiger partial charge in [-0.25, -0.2) is 4.98 Å². The smallest absolute Gasteiger partial charge is 0.233 e. The van der Waals surface area contributed by atoms with Crippen LogP contribution in [-0.4, -0.2) is 24.6 Å². The summed E-state index contributed by atoms with van der Waals surface area (Å²) in [6.45, 7) is 0.512. The van der Waals surface area contributed by atoms with Crippen LogP contribution < -0.4 is 5.32 Å². The first-order chi connectivity index (χ1) is 9.70. The number of carbonyl (C=O) groups is 1. The van der Waals surface area contributed by atoms with Gasteiger partial charge in [0, 0.05) is 30.3 Å². The molecule has 0 bridgehead atoms. The van der Waals surface area contributed by atoms with Gasteiger partial charge in [0.2, 0.25) is 5.91 Å². The van der Waals surface area contributed by atoms with E-state index >= 15 is 0 Å². The molecule has 0 fully saturated rings. The molecule has 6 heteroatoms. The van der Waals surface area contributed by atoms with Crippen LogP contribution in [0.1, 0.15) is 17.9 Å². The summed E-state index contributed by atoms with van der Waals surface area (Å²) in [7, 11) is 1.62. The van der Waals surface area contributed by atoms with Crippen molar-refractivity contribution in [2.45, 2.75) is 12.3 Å². The van der Waals surface area contributed by atoms with Gasteiger partial charge in [-0.05, 0) is 24.1 Å². The molecular weight excluding hydrogens is 296 g/mol. The predicted octanol–water partition coefficient (Wildman–Crippen LogP) is 3.56. The summed E-state index contributed by atoms with van der Waals surface area (Å²) in [4.78, 5) is 16.4. The first-order valence-electron chi connectivity index (χ1n) is 6.15. The van der Waals surface area contributed by atoms with Crippen molar-refractivity contribution < 1.29 is 9.53 Å². The fourth-order valence-electron chi connectivity index (χ4n) is 1.86. The second-order valence-electron chi connectivity index (χ2n) is 4.21. The number of hydrogen-bond acceptors (Lipinski definition) is 4. The summed E-state index contributed by atoms with van der Waals surface area (Å²) in [6.07, 6.45) is 2.27. The summed E-state index contributed by atoms with van der Waals surface area (Å²) < 4.78 is 5.08. The molecule has 2 aromatic rings. The zero-order valence-corrected chi connectivity index (χ0v) is 12.6. The minimum Gasteiger partial charge on any atom is -0.385 e. The quantitative estimate of drug-likeness (QED) is 0.887. The summed E-state index contributed by atoms with van der Waals surface area (Å²) in [5.74, 6) is -0.365. The highest BCUT2D eigenvalue weighted by atomic mass is 35.5. The van der Waals surface area contributed by atoms with Crippen molar-refractivity contribution in [3.63, 3.8) is 0 Å². The van der Waals surface area contributed by atoms with E-state index in [0.29, 0.717) is 23.2 Å². The van der Waals surface area contributed by atoms with Gasteiger partial charge in [0.1, 0.15) is 0 Å². The Balaban J connectivity index is 2.13. The molecular formula is C14H15ClN2O2S. The number of benzene rings is 1. The third kappa shape index (κ3) is 4.03. The minimum atomic E-state index is -0.281. The van der Waals surface area contributed by atoms with Gasteiger partial charge in [0.15, 0.2) is 5.13 Å². The summed E-state index contributed by atoms with van der Waals surface area (Å²) in [5.41, 5.74) is 0.917. The number of ether oxygens (including phenoxy) is 1. The normalized spacial score (nSPS) is 12.1. The number of hydrogen-bond donors (Lipinski definition) is 1. The minimum absolute atomic E-state index is 0.0840. The van der Waals surface area contributed by atoms with E-state index in [0.717, 1.165) is 5.56 Å². The van der Waals surface area contributed by atoms with Gasteiger partial charge in [-0.3, -0.25) is 4.79 Å². The Hall–Kier alpha value is -1.43. The number of nitrogens with one attached hydrogen (secondary N) is 1. The average molecular weight is 311 g/mol. The van der Waals surface area contributed by atoms with Gasteiger partial charge in [-0.1, -0.05) is 23.7 Å². The Morgan fingerprint density at radius 2 is 2.20 bits per heavy atom. The Bertz CT molecular complexity index is 543. The molecule has 20 heavy (non-hydrogen) atoms. The molecule has 1 N–H and O–H groups in total. The van der Waals surface area contributed by atoms with E-state index in [1.54, 1.807) is 25.4 Å². The highest BCUT2D eigenvalue weighted by molar-refractivity contribution is 7.13. The third-order valence-corrected chi connectivity index (χ3v) is 3.80. The first-order valence-corrected chi connectivity index (χ1v) is 7.41. The van der Waals surface area contributed by atoms with Gasteiger partial charge in [0.25, 0.3) is 0 Å². The lowest BCUT2D eigenvalue weighted by atomic mass is 9.95. The zero-order valence-electron chi connectivity index (χ0n) is 11.0. The number of amides is 1. The fraction of sp³-hybridized carbons (Fsp3) is 0.286. The SMILES string of the molecule is COCC[C@H](C(=O)Nc1nccs1)c1ccc(Cl)cc1. The van der Waals surface area contributed by atoms with Crippen LogP contribution in [0.15, 0.2) is 35.8 Å². The zero-order chi connectivity index (χ0) is 14.4. The van der Waals surface area contributed by atoms with Crippen molar-refractivity contribution in [2.24, 2.45) is 0 Å². The number of aromatic nitrogens is 1. The lowest BCUT2D eigenvalue weighted by Crippen LogP contribution is -2.22. The average Bonchev–Trinajstić information content (AvgIpc) is 2.94. The molecule has 1 aromatic heterocycles. The van der Waals surface area contributed by atoms with E-state index in [2.05, 4.69) is 10.3 Å². The largest absolute Gasteiger partial charge is 0.385 e. The van der Waals surface area contributed by atoms with E-state index in [1.807, 2.05) is 17.5 Å². The second kappa shape index (κ2) is 7.38. The highest BCUT2D eigenvalue weighted by Crippen LogP contribution is 2.24. The third-order valence-electron chi connectivity index (χ3n) is 2.86. The number of thiazole rings is 1. The van der Waals surface area contributed by atoms with Crippen LogP contribution in [-0.2, 0) is 9.53 Å². The summed E-state index contributed by atoms with van der Waals surface area (Å²) >= 11 is 7.28. The monoisotopic (exact) mass is 310 g/mol. The Morgan fingerprint density at radius 3 is 2.80 bits per heavy atom. The molecule has 0 aliphatic heterocycles. The van der Waals surface area contributed by atoms with E-state index in [-0.39, 0.29) is 11.8 Å². The summed E-state index contributed by atoms with van der Waals surface area (Å²) in [5, 5.41) is 5.90. The molecule has 0 aliphatic rings. The molecule has 1 atom stereocenters. The van der Waals surface area contributed by atoms with Crippen molar-refractivity contribution in [2.75, 3.05) is 19.0 Å². The standard InChI is InChI=1S/C14H15ClN2O2S/c1-19-8-6-12(10-2-4-11(15)5-3-10)13(18)17-14-16-7-9-20-14/h2-5,7,9,12H,6,8H2,1H3,(H,16,17,18)/t12-/m0/s1. The number of halogens is 1. The molecule has 0 saturated heterocycles. The maximum absolute atomic E-state index is 12.4. The van der Waals surface area contributed by atoms with Gasteiger partial charge < -0.3 is 10.1 Å². The van der Waals surface area contributed by atoms with Crippen LogP contribution in [0.25, 0.3) is 0 Å². The van der Waals surface area contributed by atoms with E-state index in [1.165, 1.54) is 11.3 Å². The maximum atomic E-state index is 12.4. The molecule has 0 saturated carbocycles. The fourth-order valence-corrected chi connectivity index (χ4v) is 2.52. The molecule has 2 rings (SSSR count). The Kier molecular flexibility index (Phi) is 5.52. The maximum Gasteiger partial charge on any atom is 0.233 e. The topological polar surface area (TPSA) is 51.2 Å². The predicted molar refractivity (Wildman–Crippen MR) is 81.4 cm³/mol. The number of methoxy groups -OCH3 is 1. The molecule has 0 spiro atoms. The Labute approximate surface area is 126 Å². The first kappa shape index (κ1) is 15.0. The highest BCUT2D eigenvalue weighted by Gasteiger charge is 2.21. The van der Waals surface area contributed by atoms with E-state index in [9.17, 15) is 4.79 Å². The van der Waals surface area contributed by atoms with Crippen molar-refractivity contribution in [1.29, 1.82) is 0 Å². The van der Waals surface area contributed by atoms with Crippen molar-refractivity contribution in [3.05, 3.63) is 46.4 Å². The van der Waals surface area contributed by atoms with Crippen molar-refractivity contribution in [3.8, 4) is 0 Å². The molecule has 4 nitrogen and oxygen atoms in total.